The first-order valence-corrected chi connectivity index (χ1v) is 6.85. The molecule has 1 N–H and O–H groups in total. The summed E-state index contributed by atoms with van der Waals surface area (Å²) < 4.78 is 13.1. The Morgan fingerprint density at radius 3 is 2.41 bits per heavy atom. The summed E-state index contributed by atoms with van der Waals surface area (Å²) in [6.07, 6.45) is 8.81. The summed E-state index contributed by atoms with van der Waals surface area (Å²) in [5.74, 6) is -0.234. The fourth-order valence-corrected chi connectivity index (χ4v) is 2.60. The van der Waals surface area contributed by atoms with Crippen molar-refractivity contribution in [2.45, 2.75) is 51.0 Å². The largest absolute Gasteiger partial charge is 0.381 e. The van der Waals surface area contributed by atoms with Crippen molar-refractivity contribution < 1.29 is 4.39 Å². The third kappa shape index (κ3) is 3.88. The van der Waals surface area contributed by atoms with Crippen LogP contribution < -0.4 is 5.32 Å². The van der Waals surface area contributed by atoms with Gasteiger partial charge in [-0.2, -0.15) is 0 Å². The topological polar surface area (TPSA) is 12.0 Å². The van der Waals surface area contributed by atoms with Crippen LogP contribution in [-0.2, 0) is 0 Å². The first kappa shape index (κ1) is 12.7. The Morgan fingerprint density at radius 2 is 1.71 bits per heavy atom. The summed E-state index contributed by atoms with van der Waals surface area (Å²) in [4.78, 5) is 0. The Balaban J connectivity index is 2.00. The van der Waals surface area contributed by atoms with Gasteiger partial charge in [-0.1, -0.05) is 43.7 Å². The molecule has 1 aromatic rings. The van der Waals surface area contributed by atoms with Gasteiger partial charge in [-0.15, -0.1) is 0 Å². The fraction of sp³-hybridized carbons (Fsp3) is 0.571. The molecule has 0 radical (unpaired) electrons. The van der Waals surface area contributed by atoms with Crippen molar-refractivity contribution in [3.05, 3.63) is 29.0 Å². The van der Waals surface area contributed by atoms with Crippen LogP contribution in [0.4, 0.5) is 10.1 Å². The molecule has 0 heterocycles. The normalized spacial score (nSPS) is 18.5. The standard InChI is InChI=1S/C14H19ClFN/c15-13-9-8-11(16)10-14(13)17-12-6-4-2-1-3-5-7-12/h8-10,12,17H,1-7H2. The molecule has 0 aromatic heterocycles. The van der Waals surface area contributed by atoms with E-state index < -0.39 is 0 Å². The number of hydrogen-bond donors (Lipinski definition) is 1. The minimum absolute atomic E-state index is 0.234. The lowest BCUT2D eigenvalue weighted by atomic mass is 9.96. The van der Waals surface area contributed by atoms with E-state index in [-0.39, 0.29) is 5.82 Å². The molecular weight excluding hydrogens is 237 g/mol. The zero-order chi connectivity index (χ0) is 12.1. The zero-order valence-corrected chi connectivity index (χ0v) is 10.8. The molecule has 17 heavy (non-hydrogen) atoms. The zero-order valence-electron chi connectivity index (χ0n) is 10.0. The van der Waals surface area contributed by atoms with Crippen LogP contribution in [0.1, 0.15) is 44.9 Å². The van der Waals surface area contributed by atoms with E-state index in [2.05, 4.69) is 5.32 Å². The average Bonchev–Trinajstić information content (AvgIpc) is 2.27. The van der Waals surface area contributed by atoms with Crippen LogP contribution in [0.2, 0.25) is 5.02 Å². The Kier molecular flexibility index (Phi) is 4.66. The van der Waals surface area contributed by atoms with Crippen LogP contribution in [0.25, 0.3) is 0 Å². The van der Waals surface area contributed by atoms with Gasteiger partial charge in [-0.05, 0) is 31.0 Å². The molecule has 1 saturated carbocycles. The van der Waals surface area contributed by atoms with Crippen LogP contribution in [0.3, 0.4) is 0 Å². The SMILES string of the molecule is Fc1ccc(Cl)c(NC2CCCCCCC2)c1. The van der Waals surface area contributed by atoms with Gasteiger partial charge in [0.15, 0.2) is 0 Å². The minimum Gasteiger partial charge on any atom is -0.381 e. The van der Waals surface area contributed by atoms with Gasteiger partial charge in [0.05, 0.1) is 10.7 Å². The molecule has 1 fully saturated rings. The molecule has 0 amide bonds. The summed E-state index contributed by atoms with van der Waals surface area (Å²) >= 11 is 6.06. The van der Waals surface area contributed by atoms with Crippen molar-refractivity contribution in [1.29, 1.82) is 0 Å². The van der Waals surface area contributed by atoms with E-state index in [0.717, 1.165) is 18.5 Å². The third-order valence-corrected chi connectivity index (χ3v) is 3.72. The average molecular weight is 256 g/mol. The van der Waals surface area contributed by atoms with Gasteiger partial charge in [0.2, 0.25) is 0 Å². The van der Waals surface area contributed by atoms with E-state index in [4.69, 9.17) is 11.6 Å². The second-order valence-electron chi connectivity index (χ2n) is 4.81. The molecule has 1 aliphatic rings. The Morgan fingerprint density at radius 1 is 1.06 bits per heavy atom. The van der Waals surface area contributed by atoms with Crippen molar-refractivity contribution >= 4 is 17.3 Å². The number of nitrogens with one attached hydrogen (secondary N) is 1. The van der Waals surface area contributed by atoms with Crippen molar-refractivity contribution in [3.63, 3.8) is 0 Å². The van der Waals surface area contributed by atoms with Crippen molar-refractivity contribution in [1.82, 2.24) is 0 Å². The number of rotatable bonds is 2. The summed E-state index contributed by atoms with van der Waals surface area (Å²) in [5.41, 5.74) is 0.734. The molecule has 2 rings (SSSR count). The van der Waals surface area contributed by atoms with E-state index in [1.807, 2.05) is 0 Å². The molecule has 0 aliphatic heterocycles. The van der Waals surface area contributed by atoms with Gasteiger partial charge in [0.1, 0.15) is 5.82 Å². The molecule has 3 heteroatoms. The molecule has 1 aliphatic carbocycles. The van der Waals surface area contributed by atoms with Crippen LogP contribution in [0, 0.1) is 5.82 Å². The highest BCUT2D eigenvalue weighted by Gasteiger charge is 2.12. The lowest BCUT2D eigenvalue weighted by Gasteiger charge is -2.22. The van der Waals surface area contributed by atoms with Crippen LogP contribution in [0.15, 0.2) is 18.2 Å². The Labute approximate surface area is 107 Å². The maximum absolute atomic E-state index is 13.1. The highest BCUT2D eigenvalue weighted by Crippen LogP contribution is 2.26. The van der Waals surface area contributed by atoms with Crippen molar-refractivity contribution in [2.75, 3.05) is 5.32 Å². The second kappa shape index (κ2) is 6.25. The first-order chi connectivity index (χ1) is 8.25. The number of hydrogen-bond acceptors (Lipinski definition) is 1. The lowest BCUT2D eigenvalue weighted by molar-refractivity contribution is 0.471. The highest BCUT2D eigenvalue weighted by atomic mass is 35.5. The number of halogens is 2. The monoisotopic (exact) mass is 255 g/mol. The predicted molar refractivity (Wildman–Crippen MR) is 71.1 cm³/mol. The van der Waals surface area contributed by atoms with E-state index in [1.54, 1.807) is 6.07 Å². The molecule has 1 aromatic carbocycles. The van der Waals surface area contributed by atoms with E-state index in [9.17, 15) is 4.39 Å². The molecule has 0 bridgehead atoms. The fourth-order valence-electron chi connectivity index (χ4n) is 2.43. The number of anilines is 1. The van der Waals surface area contributed by atoms with E-state index in [1.165, 1.54) is 44.2 Å². The van der Waals surface area contributed by atoms with Gasteiger partial charge < -0.3 is 5.32 Å². The Hall–Kier alpha value is -0.760. The maximum Gasteiger partial charge on any atom is 0.125 e. The molecular formula is C14H19ClFN. The van der Waals surface area contributed by atoms with Gasteiger partial charge in [0.25, 0.3) is 0 Å². The van der Waals surface area contributed by atoms with Crippen LogP contribution in [0.5, 0.6) is 0 Å². The summed E-state index contributed by atoms with van der Waals surface area (Å²) in [6, 6.07) is 4.93. The first-order valence-electron chi connectivity index (χ1n) is 6.47. The predicted octanol–water partition coefficient (Wildman–Crippen LogP) is 5.00. The van der Waals surface area contributed by atoms with Gasteiger partial charge in [-0.25, -0.2) is 4.39 Å². The molecule has 94 valence electrons. The van der Waals surface area contributed by atoms with Crippen LogP contribution >= 0.6 is 11.6 Å². The summed E-state index contributed by atoms with van der Waals surface area (Å²) in [5, 5.41) is 3.99. The molecule has 0 atom stereocenters. The second-order valence-corrected chi connectivity index (χ2v) is 5.22. The summed E-state index contributed by atoms with van der Waals surface area (Å²) in [7, 11) is 0. The smallest absolute Gasteiger partial charge is 0.125 e. The van der Waals surface area contributed by atoms with E-state index >= 15 is 0 Å². The molecule has 0 saturated heterocycles. The molecule has 0 spiro atoms. The van der Waals surface area contributed by atoms with Crippen molar-refractivity contribution in [2.24, 2.45) is 0 Å². The van der Waals surface area contributed by atoms with Crippen LogP contribution in [-0.4, -0.2) is 6.04 Å². The highest BCUT2D eigenvalue weighted by molar-refractivity contribution is 6.33. The van der Waals surface area contributed by atoms with Gasteiger partial charge in [-0.3, -0.25) is 0 Å². The van der Waals surface area contributed by atoms with Gasteiger partial charge >= 0.3 is 0 Å². The lowest BCUT2D eigenvalue weighted by Crippen LogP contribution is -2.20. The Bertz CT molecular complexity index is 359. The van der Waals surface area contributed by atoms with Crippen molar-refractivity contribution in [3.8, 4) is 0 Å². The number of benzene rings is 1. The van der Waals surface area contributed by atoms with Gasteiger partial charge in [0, 0.05) is 6.04 Å². The molecule has 0 unspecified atom stereocenters. The third-order valence-electron chi connectivity index (χ3n) is 3.39. The van der Waals surface area contributed by atoms with E-state index in [0.29, 0.717) is 11.1 Å². The summed E-state index contributed by atoms with van der Waals surface area (Å²) in [6.45, 7) is 0. The molecule has 1 nitrogen and oxygen atoms in total. The maximum atomic E-state index is 13.1. The minimum atomic E-state index is -0.234. The quantitative estimate of drug-likeness (QED) is 0.784.